The van der Waals surface area contributed by atoms with E-state index in [4.69, 9.17) is 10.00 Å². The van der Waals surface area contributed by atoms with Crippen LogP contribution in [0.1, 0.15) is 18.9 Å². The van der Waals surface area contributed by atoms with Crippen LogP contribution in [0, 0.1) is 11.3 Å². The number of thioether (sulfide) groups is 1. The molecule has 1 aromatic carbocycles. The topological polar surface area (TPSA) is 70.8 Å². The van der Waals surface area contributed by atoms with Crippen LogP contribution in [0.2, 0.25) is 0 Å². The normalized spacial score (nSPS) is 11.5. The SMILES string of the molecule is CCC(C#N)Oc1cccc(CNc2ccc(SC)nn2)c1. The van der Waals surface area contributed by atoms with Gasteiger partial charge in [0.05, 0.1) is 0 Å². The predicted molar refractivity (Wildman–Crippen MR) is 87.9 cm³/mol. The highest BCUT2D eigenvalue weighted by Crippen LogP contribution is 2.17. The molecule has 5 nitrogen and oxygen atoms in total. The first-order valence-electron chi connectivity index (χ1n) is 7.02. The third-order valence-electron chi connectivity index (χ3n) is 3.01. The molecule has 0 saturated carbocycles. The Morgan fingerprint density at radius 2 is 2.18 bits per heavy atom. The lowest BCUT2D eigenvalue weighted by molar-refractivity contribution is 0.251. The largest absolute Gasteiger partial charge is 0.476 e. The highest BCUT2D eigenvalue weighted by atomic mass is 32.2. The van der Waals surface area contributed by atoms with Gasteiger partial charge in [0.15, 0.2) is 6.10 Å². The van der Waals surface area contributed by atoms with Gasteiger partial charge in [-0.15, -0.1) is 22.0 Å². The van der Waals surface area contributed by atoms with E-state index in [1.165, 1.54) is 0 Å². The fraction of sp³-hybridized carbons (Fsp3) is 0.312. The molecule has 1 unspecified atom stereocenters. The number of aromatic nitrogens is 2. The summed E-state index contributed by atoms with van der Waals surface area (Å²) in [5, 5.41) is 21.2. The quantitative estimate of drug-likeness (QED) is 0.789. The first-order valence-corrected chi connectivity index (χ1v) is 8.24. The molecule has 1 aromatic heterocycles. The lowest BCUT2D eigenvalue weighted by Gasteiger charge is -2.12. The molecule has 0 saturated heterocycles. The van der Waals surface area contributed by atoms with E-state index < -0.39 is 6.10 Å². The maximum atomic E-state index is 8.95. The Kier molecular flexibility index (Phi) is 6.04. The molecule has 0 amide bonds. The van der Waals surface area contributed by atoms with E-state index in [9.17, 15) is 0 Å². The number of benzene rings is 1. The average Bonchev–Trinajstić information content (AvgIpc) is 2.58. The Balaban J connectivity index is 1.96. The van der Waals surface area contributed by atoms with Crippen molar-refractivity contribution in [3.8, 4) is 11.8 Å². The molecule has 6 heteroatoms. The van der Waals surface area contributed by atoms with Gasteiger partial charge in [0.1, 0.15) is 22.7 Å². The number of anilines is 1. The van der Waals surface area contributed by atoms with Crippen molar-refractivity contribution < 1.29 is 4.74 Å². The second-order valence-corrected chi connectivity index (χ2v) is 5.43. The van der Waals surface area contributed by atoms with Crippen LogP contribution >= 0.6 is 11.8 Å². The highest BCUT2D eigenvalue weighted by Gasteiger charge is 2.06. The van der Waals surface area contributed by atoms with Crippen LogP contribution in [0.15, 0.2) is 41.4 Å². The summed E-state index contributed by atoms with van der Waals surface area (Å²) in [4.78, 5) is 0. The number of hydrogen-bond acceptors (Lipinski definition) is 6. The highest BCUT2D eigenvalue weighted by molar-refractivity contribution is 7.98. The molecule has 2 rings (SSSR count). The summed E-state index contributed by atoms with van der Waals surface area (Å²) in [5.41, 5.74) is 1.06. The predicted octanol–water partition coefficient (Wildman–Crippen LogP) is 3.49. The third kappa shape index (κ3) is 4.64. The number of hydrogen-bond donors (Lipinski definition) is 1. The molecule has 2 aromatic rings. The van der Waals surface area contributed by atoms with E-state index in [-0.39, 0.29) is 0 Å². The molecule has 0 aliphatic carbocycles. The van der Waals surface area contributed by atoms with Crippen molar-refractivity contribution in [2.24, 2.45) is 0 Å². The van der Waals surface area contributed by atoms with Crippen molar-refractivity contribution in [1.82, 2.24) is 10.2 Å². The van der Waals surface area contributed by atoms with Crippen molar-refractivity contribution in [3.05, 3.63) is 42.0 Å². The van der Waals surface area contributed by atoms with E-state index in [1.807, 2.05) is 49.6 Å². The van der Waals surface area contributed by atoms with Crippen LogP contribution in [-0.4, -0.2) is 22.6 Å². The molecule has 0 bridgehead atoms. The van der Waals surface area contributed by atoms with Gasteiger partial charge >= 0.3 is 0 Å². The molecule has 1 N–H and O–H groups in total. The number of ether oxygens (including phenoxy) is 1. The molecule has 22 heavy (non-hydrogen) atoms. The second kappa shape index (κ2) is 8.25. The molecule has 1 heterocycles. The standard InChI is InChI=1S/C16H18N4OS/c1-3-13(10-17)21-14-6-4-5-12(9-14)11-18-15-7-8-16(22-2)20-19-15/h4-9,13H,3,11H2,1-2H3,(H,18,19). The Morgan fingerprint density at radius 1 is 1.32 bits per heavy atom. The first kappa shape index (κ1) is 16.1. The lowest BCUT2D eigenvalue weighted by atomic mass is 10.2. The summed E-state index contributed by atoms with van der Waals surface area (Å²) in [6.07, 6.45) is 2.22. The van der Waals surface area contributed by atoms with Gasteiger partial charge in [-0.05, 0) is 42.5 Å². The van der Waals surface area contributed by atoms with Gasteiger partial charge in [0, 0.05) is 6.54 Å². The van der Waals surface area contributed by atoms with Gasteiger partial charge in [-0.3, -0.25) is 0 Å². The summed E-state index contributed by atoms with van der Waals surface area (Å²) in [6, 6.07) is 13.7. The third-order valence-corrected chi connectivity index (χ3v) is 3.65. The van der Waals surface area contributed by atoms with E-state index >= 15 is 0 Å². The van der Waals surface area contributed by atoms with Crippen molar-refractivity contribution >= 4 is 17.6 Å². The van der Waals surface area contributed by atoms with Crippen LogP contribution in [-0.2, 0) is 6.54 Å². The molecular formula is C16H18N4OS. The summed E-state index contributed by atoms with van der Waals surface area (Å²) >= 11 is 1.56. The molecule has 0 aliphatic rings. The summed E-state index contributed by atoms with van der Waals surface area (Å²) in [7, 11) is 0. The fourth-order valence-electron chi connectivity index (χ4n) is 1.81. The second-order valence-electron chi connectivity index (χ2n) is 4.61. The zero-order valence-corrected chi connectivity index (χ0v) is 13.4. The van der Waals surface area contributed by atoms with E-state index in [1.54, 1.807) is 11.8 Å². The van der Waals surface area contributed by atoms with Crippen LogP contribution in [0.5, 0.6) is 5.75 Å². The first-order chi connectivity index (χ1) is 10.7. The van der Waals surface area contributed by atoms with Crippen LogP contribution in [0.4, 0.5) is 5.82 Å². The van der Waals surface area contributed by atoms with E-state index in [0.29, 0.717) is 18.7 Å². The monoisotopic (exact) mass is 314 g/mol. The minimum Gasteiger partial charge on any atom is -0.476 e. The molecule has 114 valence electrons. The summed E-state index contributed by atoms with van der Waals surface area (Å²) in [5.74, 6) is 1.43. The zero-order valence-electron chi connectivity index (χ0n) is 12.6. The molecule has 0 radical (unpaired) electrons. The Labute approximate surface area is 134 Å². The molecule has 1 atom stereocenters. The van der Waals surface area contributed by atoms with Crippen LogP contribution in [0.3, 0.4) is 0 Å². The van der Waals surface area contributed by atoms with Gasteiger partial charge in [0.2, 0.25) is 0 Å². The van der Waals surface area contributed by atoms with Gasteiger partial charge in [0.25, 0.3) is 0 Å². The molecule has 0 spiro atoms. The van der Waals surface area contributed by atoms with Gasteiger partial charge in [-0.1, -0.05) is 19.1 Å². The van der Waals surface area contributed by atoms with Gasteiger partial charge in [-0.2, -0.15) is 5.26 Å². The van der Waals surface area contributed by atoms with Crippen molar-refractivity contribution in [2.75, 3.05) is 11.6 Å². The minimum atomic E-state index is -0.409. The smallest absolute Gasteiger partial charge is 0.184 e. The van der Waals surface area contributed by atoms with E-state index in [0.717, 1.165) is 16.4 Å². The number of nitrogens with zero attached hydrogens (tertiary/aromatic N) is 3. The Hall–Kier alpha value is -2.26. The summed E-state index contributed by atoms with van der Waals surface area (Å²) < 4.78 is 5.62. The van der Waals surface area contributed by atoms with Crippen molar-refractivity contribution in [3.63, 3.8) is 0 Å². The minimum absolute atomic E-state index is 0.409. The number of rotatable bonds is 7. The number of nitriles is 1. The van der Waals surface area contributed by atoms with E-state index in [2.05, 4.69) is 21.6 Å². The Bertz CT molecular complexity index is 639. The maximum Gasteiger partial charge on any atom is 0.184 e. The Morgan fingerprint density at radius 3 is 2.82 bits per heavy atom. The zero-order chi connectivity index (χ0) is 15.8. The van der Waals surface area contributed by atoms with Crippen LogP contribution in [0.25, 0.3) is 0 Å². The molecule has 0 aliphatic heterocycles. The molecule has 0 fully saturated rings. The molecular weight excluding hydrogens is 296 g/mol. The summed E-state index contributed by atoms with van der Waals surface area (Å²) in [6.45, 7) is 2.55. The van der Waals surface area contributed by atoms with Gasteiger partial charge in [-0.25, -0.2) is 0 Å². The van der Waals surface area contributed by atoms with Crippen molar-refractivity contribution in [1.29, 1.82) is 5.26 Å². The van der Waals surface area contributed by atoms with Crippen molar-refractivity contribution in [2.45, 2.75) is 31.0 Å². The average molecular weight is 314 g/mol. The van der Waals surface area contributed by atoms with Gasteiger partial charge < -0.3 is 10.1 Å². The fourth-order valence-corrected chi connectivity index (χ4v) is 2.14. The maximum absolute atomic E-state index is 8.95. The van der Waals surface area contributed by atoms with Crippen LogP contribution < -0.4 is 10.1 Å². The number of nitrogens with one attached hydrogen (secondary N) is 1. The lowest BCUT2D eigenvalue weighted by Crippen LogP contribution is -2.12.